The van der Waals surface area contributed by atoms with Gasteiger partial charge >= 0.3 is 0 Å². The topological polar surface area (TPSA) is 27.3 Å². The maximum absolute atomic E-state index is 3.62. The highest BCUT2D eigenvalue weighted by Crippen LogP contribution is 2.32. The SMILES string of the molecule is CN(C)C1(CNCCNC(C)(C)C)CCCC1. The molecule has 2 N–H and O–H groups in total. The number of rotatable bonds is 6. The Morgan fingerprint density at radius 3 is 2.12 bits per heavy atom. The van der Waals surface area contributed by atoms with Gasteiger partial charge < -0.3 is 15.5 Å². The summed E-state index contributed by atoms with van der Waals surface area (Å²) in [6.45, 7) is 9.88. The van der Waals surface area contributed by atoms with Crippen LogP contribution in [0.25, 0.3) is 0 Å². The van der Waals surface area contributed by atoms with Crippen LogP contribution in [-0.4, -0.2) is 49.7 Å². The van der Waals surface area contributed by atoms with Crippen LogP contribution in [0.4, 0.5) is 0 Å². The van der Waals surface area contributed by atoms with Gasteiger partial charge in [-0.15, -0.1) is 0 Å². The molecule has 1 rings (SSSR count). The number of nitrogens with one attached hydrogen (secondary N) is 2. The summed E-state index contributed by atoms with van der Waals surface area (Å²) in [5.41, 5.74) is 0.649. The molecule has 1 fully saturated rings. The van der Waals surface area contributed by atoms with Crippen molar-refractivity contribution in [1.82, 2.24) is 15.5 Å². The predicted molar refractivity (Wildman–Crippen MR) is 75.5 cm³/mol. The number of hydrogen-bond acceptors (Lipinski definition) is 3. The second-order valence-electron chi connectivity index (χ2n) is 6.68. The average Bonchev–Trinajstić information content (AvgIpc) is 2.65. The fourth-order valence-electron chi connectivity index (χ4n) is 2.66. The van der Waals surface area contributed by atoms with E-state index >= 15 is 0 Å². The highest BCUT2D eigenvalue weighted by atomic mass is 15.2. The molecule has 0 bridgehead atoms. The van der Waals surface area contributed by atoms with Crippen LogP contribution in [0.5, 0.6) is 0 Å². The maximum atomic E-state index is 3.62. The highest BCUT2D eigenvalue weighted by molar-refractivity contribution is 4.94. The van der Waals surface area contributed by atoms with Crippen molar-refractivity contribution >= 4 is 0 Å². The van der Waals surface area contributed by atoms with Gasteiger partial charge in [-0.3, -0.25) is 0 Å². The lowest BCUT2D eigenvalue weighted by molar-refractivity contribution is 0.154. The van der Waals surface area contributed by atoms with Gasteiger partial charge in [0, 0.05) is 30.7 Å². The maximum Gasteiger partial charge on any atom is 0.0327 e. The molecule has 0 amide bonds. The van der Waals surface area contributed by atoms with Crippen molar-refractivity contribution < 1.29 is 0 Å². The van der Waals surface area contributed by atoms with Crippen molar-refractivity contribution in [2.45, 2.75) is 57.5 Å². The Bertz CT molecular complexity index is 212. The summed E-state index contributed by atoms with van der Waals surface area (Å²) in [4.78, 5) is 2.42. The van der Waals surface area contributed by atoms with E-state index in [9.17, 15) is 0 Å². The van der Waals surface area contributed by atoms with E-state index in [1.165, 1.54) is 25.7 Å². The fourth-order valence-corrected chi connectivity index (χ4v) is 2.66. The minimum absolute atomic E-state index is 0.230. The lowest BCUT2D eigenvalue weighted by Crippen LogP contribution is -2.51. The molecule has 1 aliphatic carbocycles. The molecule has 0 spiro atoms. The van der Waals surface area contributed by atoms with Gasteiger partial charge in [-0.05, 0) is 47.7 Å². The fraction of sp³-hybridized carbons (Fsp3) is 1.00. The molecule has 1 aliphatic rings. The van der Waals surface area contributed by atoms with Crippen LogP contribution in [0.3, 0.4) is 0 Å². The van der Waals surface area contributed by atoms with Crippen LogP contribution < -0.4 is 10.6 Å². The van der Waals surface area contributed by atoms with E-state index in [1.807, 2.05) is 0 Å². The Morgan fingerprint density at radius 2 is 1.65 bits per heavy atom. The van der Waals surface area contributed by atoms with Crippen LogP contribution in [0.1, 0.15) is 46.5 Å². The van der Waals surface area contributed by atoms with Crippen LogP contribution in [-0.2, 0) is 0 Å². The van der Waals surface area contributed by atoms with Gasteiger partial charge in [0.15, 0.2) is 0 Å². The van der Waals surface area contributed by atoms with Crippen molar-refractivity contribution in [1.29, 1.82) is 0 Å². The van der Waals surface area contributed by atoms with E-state index in [1.54, 1.807) is 0 Å². The second-order valence-corrected chi connectivity index (χ2v) is 6.68. The first kappa shape index (κ1) is 14.9. The van der Waals surface area contributed by atoms with E-state index in [0.717, 1.165) is 19.6 Å². The van der Waals surface area contributed by atoms with Gasteiger partial charge in [-0.2, -0.15) is 0 Å². The summed E-state index contributed by atoms with van der Waals surface area (Å²) in [6.07, 6.45) is 5.47. The Morgan fingerprint density at radius 1 is 1.06 bits per heavy atom. The number of likely N-dealkylation sites (N-methyl/N-ethyl adjacent to an activating group) is 1. The molecule has 0 radical (unpaired) electrons. The molecule has 3 heteroatoms. The lowest BCUT2D eigenvalue weighted by atomic mass is 9.96. The van der Waals surface area contributed by atoms with Crippen molar-refractivity contribution in [3.05, 3.63) is 0 Å². The quantitative estimate of drug-likeness (QED) is 0.695. The first-order valence-corrected chi connectivity index (χ1v) is 6.99. The van der Waals surface area contributed by atoms with E-state index in [-0.39, 0.29) is 5.54 Å². The summed E-state index contributed by atoms with van der Waals surface area (Å²) < 4.78 is 0. The third kappa shape index (κ3) is 4.94. The molecule has 0 aromatic heterocycles. The molecule has 0 aromatic carbocycles. The van der Waals surface area contributed by atoms with Gasteiger partial charge in [-0.25, -0.2) is 0 Å². The smallest absolute Gasteiger partial charge is 0.0327 e. The molecule has 0 aliphatic heterocycles. The summed E-state index contributed by atoms with van der Waals surface area (Å²) in [5.74, 6) is 0. The molecule has 3 nitrogen and oxygen atoms in total. The van der Waals surface area contributed by atoms with Crippen molar-refractivity contribution in [3.8, 4) is 0 Å². The zero-order valence-corrected chi connectivity index (χ0v) is 12.4. The van der Waals surface area contributed by atoms with Gasteiger partial charge in [-0.1, -0.05) is 12.8 Å². The first-order chi connectivity index (χ1) is 7.86. The molecule has 0 atom stereocenters. The van der Waals surface area contributed by atoms with E-state index < -0.39 is 0 Å². The molecule has 17 heavy (non-hydrogen) atoms. The molecule has 102 valence electrons. The van der Waals surface area contributed by atoms with Crippen molar-refractivity contribution in [2.75, 3.05) is 33.7 Å². The summed E-state index contributed by atoms with van der Waals surface area (Å²) in [7, 11) is 4.45. The largest absolute Gasteiger partial charge is 0.314 e. The summed E-state index contributed by atoms with van der Waals surface area (Å²) in [5, 5.41) is 7.13. The van der Waals surface area contributed by atoms with Crippen molar-refractivity contribution in [2.24, 2.45) is 0 Å². The zero-order chi connectivity index (χ0) is 12.9. The van der Waals surface area contributed by atoms with Gasteiger partial charge in [0.2, 0.25) is 0 Å². The van der Waals surface area contributed by atoms with E-state index in [4.69, 9.17) is 0 Å². The number of nitrogens with zero attached hydrogens (tertiary/aromatic N) is 1. The third-order valence-corrected chi connectivity index (χ3v) is 3.89. The molecule has 0 aromatic rings. The minimum Gasteiger partial charge on any atom is -0.314 e. The molecular formula is C14H31N3. The summed E-state index contributed by atoms with van der Waals surface area (Å²) >= 11 is 0. The third-order valence-electron chi connectivity index (χ3n) is 3.89. The average molecular weight is 241 g/mol. The Labute approximate surface area is 107 Å². The van der Waals surface area contributed by atoms with Gasteiger partial charge in [0.25, 0.3) is 0 Å². The molecule has 0 saturated heterocycles. The normalized spacial score (nSPS) is 20.1. The van der Waals surface area contributed by atoms with Crippen molar-refractivity contribution in [3.63, 3.8) is 0 Å². The van der Waals surface area contributed by atoms with E-state index in [0.29, 0.717) is 5.54 Å². The second kappa shape index (κ2) is 6.17. The van der Waals surface area contributed by atoms with E-state index in [2.05, 4.69) is 50.4 Å². The van der Waals surface area contributed by atoms with Crippen LogP contribution in [0.15, 0.2) is 0 Å². The Kier molecular flexibility index (Phi) is 5.42. The highest BCUT2D eigenvalue weighted by Gasteiger charge is 2.35. The summed E-state index contributed by atoms with van der Waals surface area (Å²) in [6, 6.07) is 0. The number of hydrogen-bond donors (Lipinski definition) is 2. The molecular weight excluding hydrogens is 210 g/mol. The molecule has 1 saturated carbocycles. The monoisotopic (exact) mass is 241 g/mol. The lowest BCUT2D eigenvalue weighted by Gasteiger charge is -2.36. The minimum atomic E-state index is 0.230. The Hall–Kier alpha value is -0.120. The standard InChI is InChI=1S/C14H31N3/c1-13(2,3)16-11-10-15-12-14(17(4)5)8-6-7-9-14/h15-16H,6-12H2,1-5H3. The molecule has 0 heterocycles. The zero-order valence-electron chi connectivity index (χ0n) is 12.4. The van der Waals surface area contributed by atoms with Gasteiger partial charge in [0.1, 0.15) is 0 Å². The Balaban J connectivity index is 2.20. The van der Waals surface area contributed by atoms with Gasteiger partial charge in [0.05, 0.1) is 0 Å². The van der Waals surface area contributed by atoms with Crippen LogP contribution in [0, 0.1) is 0 Å². The van der Waals surface area contributed by atoms with Crippen LogP contribution >= 0.6 is 0 Å². The van der Waals surface area contributed by atoms with Crippen LogP contribution in [0.2, 0.25) is 0 Å². The molecule has 0 unspecified atom stereocenters. The predicted octanol–water partition coefficient (Wildman–Crippen LogP) is 1.84. The first-order valence-electron chi connectivity index (χ1n) is 6.99.